The molecule has 0 aromatic carbocycles. The molecular weight excluding hydrogens is 266 g/mol. The van der Waals surface area contributed by atoms with Crippen LogP contribution in [-0.2, 0) is 14.4 Å². The van der Waals surface area contributed by atoms with Crippen LogP contribution in [0.4, 0.5) is 0 Å². The van der Waals surface area contributed by atoms with Gasteiger partial charge in [0.25, 0.3) is 0 Å². The Morgan fingerprint density at radius 1 is 1.10 bits per heavy atom. The van der Waals surface area contributed by atoms with Crippen LogP contribution in [0.25, 0.3) is 0 Å². The number of aliphatic hydroxyl groups excluding tert-OH is 1. The van der Waals surface area contributed by atoms with E-state index in [1.165, 1.54) is 6.92 Å². The van der Waals surface area contributed by atoms with E-state index < -0.39 is 42.5 Å². The Morgan fingerprint density at radius 2 is 1.65 bits per heavy atom. The number of hydrogen-bond acceptors (Lipinski definition) is 5. The van der Waals surface area contributed by atoms with Crippen molar-refractivity contribution < 1.29 is 24.6 Å². The minimum absolute atomic E-state index is 0.101. The summed E-state index contributed by atoms with van der Waals surface area (Å²) < 4.78 is 0. The maximum atomic E-state index is 11.8. The van der Waals surface area contributed by atoms with E-state index in [0.29, 0.717) is 0 Å². The Balaban J connectivity index is 4.49. The molecule has 0 spiro atoms. The maximum Gasteiger partial charge on any atom is 0.326 e. The summed E-state index contributed by atoms with van der Waals surface area (Å²) in [7, 11) is 0. The molecular formula is C12H23N3O5. The lowest BCUT2D eigenvalue weighted by Crippen LogP contribution is -2.54. The number of carboxylic acid groups (broad SMARTS) is 1. The third-order valence-corrected chi connectivity index (χ3v) is 2.61. The summed E-state index contributed by atoms with van der Waals surface area (Å²) in [5.74, 6) is -2.32. The molecule has 0 aliphatic rings. The van der Waals surface area contributed by atoms with Crippen molar-refractivity contribution in [1.82, 2.24) is 10.6 Å². The zero-order valence-electron chi connectivity index (χ0n) is 11.9. The largest absolute Gasteiger partial charge is 0.480 e. The molecule has 0 radical (unpaired) electrons. The third-order valence-electron chi connectivity index (χ3n) is 2.61. The number of carbonyl (C=O) groups excluding carboxylic acids is 2. The molecule has 3 unspecified atom stereocenters. The molecule has 0 aromatic heterocycles. The second-order valence-electron chi connectivity index (χ2n) is 5.05. The molecule has 0 saturated carbocycles. The van der Waals surface area contributed by atoms with Crippen molar-refractivity contribution in [2.45, 2.75) is 45.3 Å². The van der Waals surface area contributed by atoms with Gasteiger partial charge < -0.3 is 26.6 Å². The first-order valence-electron chi connectivity index (χ1n) is 6.39. The molecule has 0 aliphatic heterocycles. The first-order valence-corrected chi connectivity index (χ1v) is 6.39. The fraction of sp³-hybridized carbons (Fsp3) is 0.750. The van der Waals surface area contributed by atoms with Gasteiger partial charge in [0, 0.05) is 0 Å². The Hall–Kier alpha value is -1.67. The van der Waals surface area contributed by atoms with E-state index in [1.807, 2.05) is 13.8 Å². The van der Waals surface area contributed by atoms with Gasteiger partial charge in [0.2, 0.25) is 11.8 Å². The number of nitrogens with one attached hydrogen (secondary N) is 2. The Morgan fingerprint density at radius 3 is 2.05 bits per heavy atom. The van der Waals surface area contributed by atoms with E-state index in [2.05, 4.69) is 10.6 Å². The molecule has 0 aliphatic carbocycles. The van der Waals surface area contributed by atoms with Gasteiger partial charge in [0.1, 0.15) is 18.1 Å². The zero-order chi connectivity index (χ0) is 15.9. The molecule has 116 valence electrons. The van der Waals surface area contributed by atoms with Crippen molar-refractivity contribution in [1.29, 1.82) is 0 Å². The summed E-state index contributed by atoms with van der Waals surface area (Å²) in [6.07, 6.45) is 0.290. The predicted molar refractivity (Wildman–Crippen MR) is 71.7 cm³/mol. The summed E-state index contributed by atoms with van der Waals surface area (Å²) in [4.78, 5) is 34.2. The lowest BCUT2D eigenvalue weighted by atomic mass is 10.0. The monoisotopic (exact) mass is 289 g/mol. The summed E-state index contributed by atoms with van der Waals surface area (Å²) in [6, 6.07) is -3.06. The highest BCUT2D eigenvalue weighted by molar-refractivity contribution is 5.91. The number of hydrogen-bond donors (Lipinski definition) is 5. The van der Waals surface area contributed by atoms with Crippen molar-refractivity contribution in [3.8, 4) is 0 Å². The van der Waals surface area contributed by atoms with Crippen molar-refractivity contribution in [3.63, 3.8) is 0 Å². The van der Waals surface area contributed by atoms with Crippen LogP contribution >= 0.6 is 0 Å². The van der Waals surface area contributed by atoms with Gasteiger partial charge in [-0.3, -0.25) is 9.59 Å². The van der Waals surface area contributed by atoms with Crippen LogP contribution in [0.3, 0.4) is 0 Å². The molecule has 0 rings (SSSR count). The van der Waals surface area contributed by atoms with Crippen LogP contribution in [0.5, 0.6) is 0 Å². The lowest BCUT2D eigenvalue weighted by molar-refractivity contribution is -0.142. The van der Waals surface area contributed by atoms with Crippen LogP contribution in [-0.4, -0.2) is 52.7 Å². The molecule has 0 aromatic rings. The van der Waals surface area contributed by atoms with Crippen LogP contribution in [0.1, 0.15) is 27.2 Å². The fourth-order valence-corrected chi connectivity index (χ4v) is 1.46. The summed E-state index contributed by atoms with van der Waals surface area (Å²) in [5.41, 5.74) is 5.29. The molecule has 0 saturated heterocycles. The van der Waals surface area contributed by atoms with E-state index in [-0.39, 0.29) is 12.3 Å². The molecule has 8 heteroatoms. The van der Waals surface area contributed by atoms with Crippen LogP contribution in [0.2, 0.25) is 0 Å². The standard InChI is InChI=1S/C12H23N3O5/c1-6(2)4-9(12(19)20)15-10(17)7(3)14-11(18)8(13)5-16/h6-9,16H,4-5,13H2,1-3H3,(H,14,18)(H,15,17)(H,19,20). The van der Waals surface area contributed by atoms with E-state index >= 15 is 0 Å². The number of rotatable bonds is 8. The van der Waals surface area contributed by atoms with Gasteiger partial charge in [-0.05, 0) is 19.3 Å². The molecule has 0 bridgehead atoms. The molecule has 0 fully saturated rings. The van der Waals surface area contributed by atoms with E-state index in [1.54, 1.807) is 0 Å². The molecule has 3 atom stereocenters. The number of carboxylic acids is 1. The second kappa shape index (κ2) is 8.49. The van der Waals surface area contributed by atoms with Crippen molar-refractivity contribution in [2.75, 3.05) is 6.61 Å². The quantitative estimate of drug-likeness (QED) is 0.365. The second-order valence-corrected chi connectivity index (χ2v) is 5.05. The van der Waals surface area contributed by atoms with Crippen molar-refractivity contribution in [3.05, 3.63) is 0 Å². The summed E-state index contributed by atoms with van der Waals surface area (Å²) in [5, 5.41) is 22.4. The van der Waals surface area contributed by atoms with Crippen LogP contribution in [0.15, 0.2) is 0 Å². The zero-order valence-corrected chi connectivity index (χ0v) is 11.9. The topological polar surface area (TPSA) is 142 Å². The fourth-order valence-electron chi connectivity index (χ4n) is 1.46. The molecule has 8 nitrogen and oxygen atoms in total. The normalized spacial score (nSPS) is 15.3. The highest BCUT2D eigenvalue weighted by atomic mass is 16.4. The first-order chi connectivity index (χ1) is 9.18. The number of carbonyl (C=O) groups is 3. The first kappa shape index (κ1) is 18.3. The van der Waals surface area contributed by atoms with Gasteiger partial charge in [0.15, 0.2) is 0 Å². The average Bonchev–Trinajstić information content (AvgIpc) is 2.35. The minimum atomic E-state index is -1.13. The van der Waals surface area contributed by atoms with Gasteiger partial charge in [-0.1, -0.05) is 13.8 Å². The van der Waals surface area contributed by atoms with E-state index in [0.717, 1.165) is 0 Å². The van der Waals surface area contributed by atoms with Gasteiger partial charge in [-0.15, -0.1) is 0 Å². The van der Waals surface area contributed by atoms with Crippen molar-refractivity contribution >= 4 is 17.8 Å². The van der Waals surface area contributed by atoms with Crippen LogP contribution < -0.4 is 16.4 Å². The van der Waals surface area contributed by atoms with E-state index in [4.69, 9.17) is 15.9 Å². The summed E-state index contributed by atoms with van der Waals surface area (Å²) >= 11 is 0. The molecule has 2 amide bonds. The average molecular weight is 289 g/mol. The minimum Gasteiger partial charge on any atom is -0.480 e. The highest BCUT2D eigenvalue weighted by Gasteiger charge is 2.25. The van der Waals surface area contributed by atoms with Gasteiger partial charge in [-0.25, -0.2) is 4.79 Å². The predicted octanol–water partition coefficient (Wildman–Crippen LogP) is -1.57. The SMILES string of the molecule is CC(C)CC(NC(=O)C(C)NC(=O)C(N)CO)C(=O)O. The van der Waals surface area contributed by atoms with E-state index in [9.17, 15) is 14.4 Å². The number of amides is 2. The summed E-state index contributed by atoms with van der Waals surface area (Å²) in [6.45, 7) is 4.55. The van der Waals surface area contributed by atoms with Gasteiger partial charge in [0.05, 0.1) is 6.61 Å². The number of aliphatic carboxylic acids is 1. The Labute approximate surface area is 117 Å². The molecule has 20 heavy (non-hydrogen) atoms. The van der Waals surface area contributed by atoms with Crippen molar-refractivity contribution in [2.24, 2.45) is 11.7 Å². The lowest BCUT2D eigenvalue weighted by Gasteiger charge is -2.20. The molecule has 6 N–H and O–H groups in total. The van der Waals surface area contributed by atoms with Gasteiger partial charge >= 0.3 is 5.97 Å². The maximum absolute atomic E-state index is 11.8. The van der Waals surface area contributed by atoms with Gasteiger partial charge in [-0.2, -0.15) is 0 Å². The Kier molecular flexibility index (Phi) is 7.78. The smallest absolute Gasteiger partial charge is 0.326 e. The molecule has 0 heterocycles. The Bertz CT molecular complexity index is 359. The third kappa shape index (κ3) is 6.48. The number of aliphatic hydroxyl groups is 1. The van der Waals surface area contributed by atoms with Crippen LogP contribution in [0, 0.1) is 5.92 Å². The number of nitrogens with two attached hydrogens (primary N) is 1. The highest BCUT2D eigenvalue weighted by Crippen LogP contribution is 2.05.